The molecule has 2 aromatic rings. The molecule has 1 unspecified atom stereocenters. The molecule has 21 heavy (non-hydrogen) atoms. The van der Waals surface area contributed by atoms with Crippen LogP contribution in [0.15, 0.2) is 42.6 Å². The minimum Gasteiger partial charge on any atom is -0.456 e. The van der Waals surface area contributed by atoms with Crippen molar-refractivity contribution in [1.29, 1.82) is 0 Å². The smallest absolute Gasteiger partial charge is 0.357 e. The van der Waals surface area contributed by atoms with E-state index >= 15 is 0 Å². The molecular weight excluding hydrogens is 266 g/mol. The summed E-state index contributed by atoms with van der Waals surface area (Å²) in [6, 6.07) is 11.2. The number of ether oxygens (including phenoxy) is 1. The van der Waals surface area contributed by atoms with Crippen LogP contribution in [-0.2, 0) is 4.74 Å². The van der Waals surface area contributed by atoms with Crippen molar-refractivity contribution in [3.63, 3.8) is 0 Å². The zero-order chi connectivity index (χ0) is 14.7. The highest BCUT2D eigenvalue weighted by Gasteiger charge is 2.27. The number of pyridine rings is 2. The van der Waals surface area contributed by atoms with Crippen LogP contribution in [0.3, 0.4) is 0 Å². The number of aromatic nitrogens is 2. The van der Waals surface area contributed by atoms with Gasteiger partial charge < -0.3 is 9.64 Å². The van der Waals surface area contributed by atoms with Gasteiger partial charge in [0.15, 0.2) is 0 Å². The van der Waals surface area contributed by atoms with Crippen molar-refractivity contribution < 1.29 is 9.53 Å². The zero-order valence-corrected chi connectivity index (χ0v) is 11.9. The quantitative estimate of drug-likeness (QED) is 0.808. The summed E-state index contributed by atoms with van der Waals surface area (Å²) < 4.78 is 5.53. The van der Waals surface area contributed by atoms with Gasteiger partial charge >= 0.3 is 5.97 Å². The fourth-order valence-electron chi connectivity index (χ4n) is 2.44. The normalized spacial score (nSPS) is 17.8. The van der Waals surface area contributed by atoms with Gasteiger partial charge in [0.05, 0.1) is 6.54 Å². The van der Waals surface area contributed by atoms with Crippen molar-refractivity contribution in [3.05, 3.63) is 54.0 Å². The summed E-state index contributed by atoms with van der Waals surface area (Å²) in [5.74, 6) is 0.566. The topological polar surface area (TPSA) is 55.3 Å². The van der Waals surface area contributed by atoms with Crippen LogP contribution in [0.5, 0.6) is 0 Å². The molecule has 0 N–H and O–H groups in total. The minimum atomic E-state index is -0.355. The Labute approximate surface area is 123 Å². The molecule has 0 amide bonds. The lowest BCUT2D eigenvalue weighted by atomic mass is 10.3. The van der Waals surface area contributed by atoms with E-state index in [1.165, 1.54) is 0 Å². The molecule has 0 bridgehead atoms. The van der Waals surface area contributed by atoms with Gasteiger partial charge in [-0.2, -0.15) is 0 Å². The van der Waals surface area contributed by atoms with Gasteiger partial charge in [-0.15, -0.1) is 0 Å². The summed E-state index contributed by atoms with van der Waals surface area (Å²) >= 11 is 0. The lowest BCUT2D eigenvalue weighted by Gasteiger charge is -2.17. The number of hydrogen-bond donors (Lipinski definition) is 0. The van der Waals surface area contributed by atoms with Crippen LogP contribution >= 0.6 is 0 Å². The van der Waals surface area contributed by atoms with E-state index in [0.29, 0.717) is 12.2 Å². The summed E-state index contributed by atoms with van der Waals surface area (Å²) in [5.41, 5.74) is 1.18. The number of rotatable bonds is 3. The molecule has 0 aromatic carbocycles. The van der Waals surface area contributed by atoms with E-state index in [2.05, 4.69) is 14.9 Å². The van der Waals surface area contributed by atoms with Crippen molar-refractivity contribution in [1.82, 2.24) is 9.97 Å². The molecule has 1 aliphatic rings. The predicted octanol–water partition coefficient (Wildman–Crippen LogP) is 2.22. The molecule has 3 heterocycles. The molecule has 1 atom stereocenters. The lowest BCUT2D eigenvalue weighted by Crippen LogP contribution is -2.25. The number of esters is 1. The third-order valence-corrected chi connectivity index (χ3v) is 3.49. The maximum Gasteiger partial charge on any atom is 0.357 e. The second-order valence-electron chi connectivity index (χ2n) is 5.11. The number of anilines is 1. The van der Waals surface area contributed by atoms with Crippen molar-refractivity contribution in [2.45, 2.75) is 19.4 Å². The van der Waals surface area contributed by atoms with Crippen LogP contribution < -0.4 is 4.90 Å². The van der Waals surface area contributed by atoms with Crippen LogP contribution in [0.2, 0.25) is 0 Å². The second-order valence-corrected chi connectivity index (χ2v) is 5.11. The second kappa shape index (κ2) is 5.91. The third kappa shape index (κ3) is 3.18. The Kier molecular flexibility index (Phi) is 3.81. The van der Waals surface area contributed by atoms with Crippen LogP contribution in [0.4, 0.5) is 5.82 Å². The van der Waals surface area contributed by atoms with Crippen LogP contribution in [0.1, 0.15) is 22.6 Å². The van der Waals surface area contributed by atoms with Crippen molar-refractivity contribution in [2.24, 2.45) is 0 Å². The molecule has 5 heteroatoms. The van der Waals surface area contributed by atoms with Gasteiger partial charge in [-0.05, 0) is 31.2 Å². The highest BCUT2D eigenvalue weighted by Crippen LogP contribution is 2.20. The molecule has 0 aliphatic carbocycles. The molecule has 0 radical (unpaired) electrons. The average molecular weight is 283 g/mol. The van der Waals surface area contributed by atoms with Crippen molar-refractivity contribution >= 4 is 11.8 Å². The van der Waals surface area contributed by atoms with E-state index in [4.69, 9.17) is 4.74 Å². The monoisotopic (exact) mass is 283 g/mol. The Hall–Kier alpha value is -2.43. The number of nitrogens with zero attached hydrogens (tertiary/aromatic N) is 3. The molecule has 5 nitrogen and oxygen atoms in total. The Balaban J connectivity index is 1.61. The number of carbonyl (C=O) groups is 1. The molecule has 1 fully saturated rings. The molecule has 1 saturated heterocycles. The van der Waals surface area contributed by atoms with Crippen molar-refractivity contribution in [3.8, 4) is 0 Å². The van der Waals surface area contributed by atoms with Crippen LogP contribution in [0, 0.1) is 6.92 Å². The van der Waals surface area contributed by atoms with Gasteiger partial charge in [0.25, 0.3) is 0 Å². The molecule has 0 saturated carbocycles. The maximum absolute atomic E-state index is 12.1. The summed E-state index contributed by atoms with van der Waals surface area (Å²) in [5, 5.41) is 0. The predicted molar refractivity (Wildman–Crippen MR) is 79.2 cm³/mol. The Morgan fingerprint density at radius 2 is 2.19 bits per heavy atom. The fraction of sp³-hybridized carbons (Fsp3) is 0.312. The Bertz CT molecular complexity index is 630. The highest BCUT2D eigenvalue weighted by atomic mass is 16.5. The summed E-state index contributed by atoms with van der Waals surface area (Å²) in [6.07, 6.45) is 2.47. The van der Waals surface area contributed by atoms with Crippen molar-refractivity contribution in [2.75, 3.05) is 18.0 Å². The minimum absolute atomic E-state index is 0.109. The first-order valence-corrected chi connectivity index (χ1v) is 7.03. The number of aryl methyl sites for hydroxylation is 1. The molecule has 3 rings (SSSR count). The first-order chi connectivity index (χ1) is 10.2. The average Bonchev–Trinajstić information content (AvgIpc) is 2.97. The Morgan fingerprint density at radius 1 is 1.29 bits per heavy atom. The van der Waals surface area contributed by atoms with E-state index in [1.807, 2.05) is 37.3 Å². The summed E-state index contributed by atoms with van der Waals surface area (Å²) in [7, 11) is 0. The van der Waals surface area contributed by atoms with Gasteiger partial charge in [0, 0.05) is 24.9 Å². The molecular formula is C16H17N3O2. The molecule has 2 aromatic heterocycles. The zero-order valence-electron chi connectivity index (χ0n) is 11.9. The fourth-order valence-corrected chi connectivity index (χ4v) is 2.44. The maximum atomic E-state index is 12.1. The van der Waals surface area contributed by atoms with Gasteiger partial charge in [0.2, 0.25) is 0 Å². The number of carbonyl (C=O) groups excluding carboxylic acids is 1. The first kappa shape index (κ1) is 13.5. The van der Waals surface area contributed by atoms with Gasteiger partial charge in [-0.3, -0.25) is 0 Å². The van der Waals surface area contributed by atoms with E-state index in [-0.39, 0.29) is 12.1 Å². The van der Waals surface area contributed by atoms with Crippen LogP contribution in [-0.4, -0.2) is 35.1 Å². The van der Waals surface area contributed by atoms with E-state index in [1.54, 1.807) is 12.3 Å². The summed E-state index contributed by atoms with van der Waals surface area (Å²) in [6.45, 7) is 3.37. The third-order valence-electron chi connectivity index (χ3n) is 3.49. The van der Waals surface area contributed by atoms with Crippen LogP contribution in [0.25, 0.3) is 0 Å². The largest absolute Gasteiger partial charge is 0.456 e. The summed E-state index contributed by atoms with van der Waals surface area (Å²) in [4.78, 5) is 22.7. The first-order valence-electron chi connectivity index (χ1n) is 7.03. The Morgan fingerprint density at radius 3 is 2.95 bits per heavy atom. The van der Waals surface area contributed by atoms with E-state index in [0.717, 1.165) is 24.5 Å². The van der Waals surface area contributed by atoms with Gasteiger partial charge in [0.1, 0.15) is 17.6 Å². The number of hydrogen-bond acceptors (Lipinski definition) is 5. The molecule has 108 valence electrons. The van der Waals surface area contributed by atoms with Gasteiger partial charge in [-0.1, -0.05) is 12.1 Å². The van der Waals surface area contributed by atoms with E-state index in [9.17, 15) is 4.79 Å². The van der Waals surface area contributed by atoms with E-state index < -0.39 is 0 Å². The molecule has 1 aliphatic heterocycles. The highest BCUT2D eigenvalue weighted by molar-refractivity contribution is 5.87. The molecule has 0 spiro atoms. The lowest BCUT2D eigenvalue weighted by molar-refractivity contribution is 0.0340. The van der Waals surface area contributed by atoms with Gasteiger partial charge in [-0.25, -0.2) is 14.8 Å². The standard InChI is InChI=1S/C16H17N3O2/c1-12-5-4-6-14(18-12)16(20)21-13-8-10-19(11-13)15-7-2-3-9-17-15/h2-7,9,13H,8,10-11H2,1H3. The SMILES string of the molecule is Cc1cccc(C(=O)OC2CCN(c3ccccn3)C2)n1.